The summed E-state index contributed by atoms with van der Waals surface area (Å²) in [5.41, 5.74) is 0. The van der Waals surface area contributed by atoms with Crippen LogP contribution in [0.25, 0.3) is 0 Å². The molecule has 1 unspecified atom stereocenters. The zero-order chi connectivity index (χ0) is 12.7. The van der Waals surface area contributed by atoms with Crippen LogP contribution in [0.3, 0.4) is 0 Å². The lowest BCUT2D eigenvalue weighted by Crippen LogP contribution is -2.39. The highest BCUT2D eigenvalue weighted by Crippen LogP contribution is 2.14. The van der Waals surface area contributed by atoms with Crippen LogP contribution in [0.1, 0.15) is 32.6 Å². The number of sulfonamides is 1. The molecule has 1 rings (SSSR count). The van der Waals surface area contributed by atoms with Gasteiger partial charge in [0.05, 0.1) is 5.75 Å². The lowest BCUT2D eigenvalue weighted by atomic mass is 10.0. The predicted octanol–water partition coefficient (Wildman–Crippen LogP) is 0.707. The van der Waals surface area contributed by atoms with Gasteiger partial charge in [-0.25, -0.2) is 13.1 Å². The molecule has 0 aromatic heterocycles. The van der Waals surface area contributed by atoms with E-state index in [-0.39, 0.29) is 17.7 Å². The summed E-state index contributed by atoms with van der Waals surface area (Å²) >= 11 is 0. The summed E-state index contributed by atoms with van der Waals surface area (Å²) in [5.74, 6) is 3.01. The standard InChI is InChI=1S/C12H22N2O2S/c1-3-5-12(4-2)14-17(15,16)10-11-6-8-13-9-7-11/h1,11-14H,4-10H2,2H3. The fourth-order valence-electron chi connectivity index (χ4n) is 2.07. The highest BCUT2D eigenvalue weighted by molar-refractivity contribution is 7.89. The summed E-state index contributed by atoms with van der Waals surface area (Å²) in [6.07, 6.45) is 8.28. The number of terminal acetylenes is 1. The maximum Gasteiger partial charge on any atom is 0.212 e. The average Bonchev–Trinajstić information content (AvgIpc) is 2.29. The summed E-state index contributed by atoms with van der Waals surface area (Å²) in [7, 11) is -3.19. The van der Waals surface area contributed by atoms with E-state index < -0.39 is 10.0 Å². The summed E-state index contributed by atoms with van der Waals surface area (Å²) in [6, 6.07) is -0.119. The molecule has 17 heavy (non-hydrogen) atoms. The van der Waals surface area contributed by atoms with Crippen molar-refractivity contribution in [2.75, 3.05) is 18.8 Å². The van der Waals surface area contributed by atoms with Gasteiger partial charge >= 0.3 is 0 Å². The fraction of sp³-hybridized carbons (Fsp3) is 0.833. The maximum atomic E-state index is 11.9. The Kier molecular flexibility index (Phi) is 5.96. The van der Waals surface area contributed by atoms with E-state index in [0.717, 1.165) is 32.4 Å². The zero-order valence-electron chi connectivity index (χ0n) is 10.4. The van der Waals surface area contributed by atoms with Crippen LogP contribution < -0.4 is 10.0 Å². The Hall–Kier alpha value is -0.570. The van der Waals surface area contributed by atoms with Crippen molar-refractivity contribution in [2.45, 2.75) is 38.6 Å². The molecule has 0 bridgehead atoms. The number of nitrogens with one attached hydrogen (secondary N) is 2. The molecule has 2 N–H and O–H groups in total. The molecule has 1 heterocycles. The molecule has 0 spiro atoms. The number of rotatable bonds is 6. The Morgan fingerprint density at radius 2 is 2.12 bits per heavy atom. The van der Waals surface area contributed by atoms with E-state index >= 15 is 0 Å². The Morgan fingerprint density at radius 1 is 1.47 bits per heavy atom. The van der Waals surface area contributed by atoms with Gasteiger partial charge in [0.15, 0.2) is 0 Å². The van der Waals surface area contributed by atoms with Crippen molar-refractivity contribution in [1.82, 2.24) is 10.0 Å². The van der Waals surface area contributed by atoms with Gasteiger partial charge in [-0.3, -0.25) is 0 Å². The van der Waals surface area contributed by atoms with Crippen LogP contribution >= 0.6 is 0 Å². The van der Waals surface area contributed by atoms with E-state index in [2.05, 4.69) is 16.0 Å². The molecule has 4 nitrogen and oxygen atoms in total. The predicted molar refractivity (Wildman–Crippen MR) is 70.0 cm³/mol. The summed E-state index contributed by atoms with van der Waals surface area (Å²) in [5, 5.41) is 3.23. The monoisotopic (exact) mass is 258 g/mol. The molecule has 0 amide bonds. The van der Waals surface area contributed by atoms with Crippen molar-refractivity contribution >= 4 is 10.0 Å². The molecule has 1 aliphatic heterocycles. The second kappa shape index (κ2) is 7.00. The lowest BCUT2D eigenvalue weighted by molar-refractivity contribution is 0.399. The van der Waals surface area contributed by atoms with Crippen molar-refractivity contribution in [3.8, 4) is 12.3 Å². The third kappa shape index (κ3) is 5.53. The van der Waals surface area contributed by atoms with Crippen LogP contribution in [-0.4, -0.2) is 33.3 Å². The maximum absolute atomic E-state index is 11.9. The normalized spacial score (nSPS) is 19.8. The Bertz CT molecular complexity index is 353. The van der Waals surface area contributed by atoms with E-state index in [4.69, 9.17) is 6.42 Å². The van der Waals surface area contributed by atoms with Crippen molar-refractivity contribution in [3.63, 3.8) is 0 Å². The Morgan fingerprint density at radius 3 is 2.65 bits per heavy atom. The lowest BCUT2D eigenvalue weighted by Gasteiger charge is -2.23. The zero-order valence-corrected chi connectivity index (χ0v) is 11.2. The summed E-state index contributed by atoms with van der Waals surface area (Å²) < 4.78 is 26.6. The molecular formula is C12H22N2O2S. The minimum atomic E-state index is -3.19. The Balaban J connectivity index is 2.46. The van der Waals surface area contributed by atoms with E-state index in [1.807, 2.05) is 6.92 Å². The molecule has 1 fully saturated rings. The van der Waals surface area contributed by atoms with Gasteiger partial charge in [-0.15, -0.1) is 12.3 Å². The van der Waals surface area contributed by atoms with Gasteiger partial charge in [0.2, 0.25) is 10.0 Å². The van der Waals surface area contributed by atoms with Gasteiger partial charge in [0, 0.05) is 12.5 Å². The Labute approximate surface area is 105 Å². The molecule has 0 radical (unpaired) electrons. The van der Waals surface area contributed by atoms with Gasteiger partial charge in [0.1, 0.15) is 0 Å². The van der Waals surface area contributed by atoms with Gasteiger partial charge in [-0.2, -0.15) is 0 Å². The molecule has 0 saturated carbocycles. The van der Waals surface area contributed by atoms with E-state index in [0.29, 0.717) is 6.42 Å². The van der Waals surface area contributed by atoms with Crippen molar-refractivity contribution in [1.29, 1.82) is 0 Å². The first-order chi connectivity index (χ1) is 8.07. The largest absolute Gasteiger partial charge is 0.317 e. The number of hydrogen-bond acceptors (Lipinski definition) is 3. The number of piperidine rings is 1. The first-order valence-electron chi connectivity index (χ1n) is 6.21. The van der Waals surface area contributed by atoms with Crippen LogP contribution in [-0.2, 0) is 10.0 Å². The smallest absolute Gasteiger partial charge is 0.212 e. The second-order valence-corrected chi connectivity index (χ2v) is 6.40. The topological polar surface area (TPSA) is 58.2 Å². The van der Waals surface area contributed by atoms with Crippen molar-refractivity contribution in [2.24, 2.45) is 5.92 Å². The second-order valence-electron chi connectivity index (χ2n) is 4.61. The van der Waals surface area contributed by atoms with Gasteiger partial charge in [0.25, 0.3) is 0 Å². The first kappa shape index (κ1) is 14.5. The molecular weight excluding hydrogens is 236 g/mol. The SMILES string of the molecule is C#CCC(CC)NS(=O)(=O)CC1CCNCC1. The highest BCUT2D eigenvalue weighted by Gasteiger charge is 2.22. The van der Waals surface area contributed by atoms with Gasteiger partial charge in [-0.1, -0.05) is 6.92 Å². The minimum Gasteiger partial charge on any atom is -0.317 e. The van der Waals surface area contributed by atoms with Crippen LogP contribution in [0.2, 0.25) is 0 Å². The van der Waals surface area contributed by atoms with Crippen LogP contribution in [0, 0.1) is 18.3 Å². The van der Waals surface area contributed by atoms with Crippen LogP contribution in [0.5, 0.6) is 0 Å². The summed E-state index contributed by atoms with van der Waals surface area (Å²) in [4.78, 5) is 0. The third-order valence-corrected chi connectivity index (χ3v) is 4.72. The summed E-state index contributed by atoms with van der Waals surface area (Å²) in [6.45, 7) is 3.78. The molecule has 5 heteroatoms. The molecule has 0 aromatic carbocycles. The first-order valence-corrected chi connectivity index (χ1v) is 7.86. The van der Waals surface area contributed by atoms with Gasteiger partial charge < -0.3 is 5.32 Å². The van der Waals surface area contributed by atoms with Crippen LogP contribution in [0.15, 0.2) is 0 Å². The third-order valence-electron chi connectivity index (χ3n) is 3.12. The molecule has 0 aliphatic carbocycles. The van der Waals surface area contributed by atoms with Gasteiger partial charge in [-0.05, 0) is 38.3 Å². The molecule has 1 aliphatic rings. The molecule has 98 valence electrons. The van der Waals surface area contributed by atoms with Crippen LogP contribution in [0.4, 0.5) is 0 Å². The van der Waals surface area contributed by atoms with E-state index in [9.17, 15) is 8.42 Å². The highest BCUT2D eigenvalue weighted by atomic mass is 32.2. The molecule has 1 atom stereocenters. The van der Waals surface area contributed by atoms with Crippen molar-refractivity contribution in [3.05, 3.63) is 0 Å². The van der Waals surface area contributed by atoms with E-state index in [1.165, 1.54) is 0 Å². The minimum absolute atomic E-state index is 0.119. The van der Waals surface area contributed by atoms with Crippen molar-refractivity contribution < 1.29 is 8.42 Å². The molecule has 1 saturated heterocycles. The van der Waals surface area contributed by atoms with E-state index in [1.54, 1.807) is 0 Å². The quantitative estimate of drug-likeness (QED) is 0.690. The number of hydrogen-bond donors (Lipinski definition) is 2. The molecule has 0 aromatic rings. The fourth-order valence-corrected chi connectivity index (χ4v) is 3.88. The average molecular weight is 258 g/mol.